The first-order valence-corrected chi connectivity index (χ1v) is 11.5. The summed E-state index contributed by atoms with van der Waals surface area (Å²) in [5, 5.41) is 9.29. The lowest BCUT2D eigenvalue weighted by molar-refractivity contribution is -0.137. The molecule has 0 aliphatic rings. The van der Waals surface area contributed by atoms with E-state index in [1.54, 1.807) is 11.8 Å². The van der Waals surface area contributed by atoms with Gasteiger partial charge in [-0.1, -0.05) is 58.9 Å². The van der Waals surface area contributed by atoms with Gasteiger partial charge in [0.15, 0.2) is 0 Å². The number of nitrogens with zero attached hydrogens (tertiary/aromatic N) is 2. The zero-order valence-corrected chi connectivity index (χ0v) is 20.6. The molecule has 0 spiro atoms. The molecule has 1 N–H and O–H groups in total. The van der Waals surface area contributed by atoms with Gasteiger partial charge in [-0.3, -0.25) is 14.5 Å². The predicted molar refractivity (Wildman–Crippen MR) is 133 cm³/mol. The first-order chi connectivity index (χ1) is 15.0. The van der Waals surface area contributed by atoms with Crippen LogP contribution < -0.4 is 9.80 Å². The van der Waals surface area contributed by atoms with Gasteiger partial charge in [-0.05, 0) is 54.0 Å². The maximum Gasteiger partial charge on any atom is 0.303 e. The molecular formula is C27H38N2O3. The van der Waals surface area contributed by atoms with Gasteiger partial charge < -0.3 is 10.0 Å². The normalized spacial score (nSPS) is 12.2. The summed E-state index contributed by atoms with van der Waals surface area (Å²) < 4.78 is 0. The second-order valence-corrected chi connectivity index (χ2v) is 9.58. The van der Waals surface area contributed by atoms with Crippen LogP contribution in [0.4, 0.5) is 17.1 Å². The van der Waals surface area contributed by atoms with Crippen LogP contribution in [-0.4, -0.2) is 30.1 Å². The SMILES string of the molecule is CC(=O)N(c1ccccc1C)c1cc(C(C)CC(=O)O)ccc1N(CC(C)C)CC(C)C. The maximum absolute atomic E-state index is 13.0. The predicted octanol–water partition coefficient (Wildman–Crippen LogP) is 6.38. The fourth-order valence-electron chi connectivity index (χ4n) is 4.11. The van der Waals surface area contributed by atoms with Gasteiger partial charge in [-0.25, -0.2) is 0 Å². The lowest BCUT2D eigenvalue weighted by atomic mass is 9.95. The van der Waals surface area contributed by atoms with E-state index < -0.39 is 5.97 Å². The van der Waals surface area contributed by atoms with Crippen molar-refractivity contribution in [1.29, 1.82) is 0 Å². The highest BCUT2D eigenvalue weighted by Crippen LogP contribution is 2.39. The molecule has 0 saturated carbocycles. The molecule has 1 atom stereocenters. The Morgan fingerprint density at radius 3 is 1.97 bits per heavy atom. The zero-order chi connectivity index (χ0) is 24.0. The van der Waals surface area contributed by atoms with Gasteiger partial charge in [-0.15, -0.1) is 0 Å². The Morgan fingerprint density at radius 2 is 1.47 bits per heavy atom. The van der Waals surface area contributed by atoms with Crippen molar-refractivity contribution >= 4 is 28.9 Å². The van der Waals surface area contributed by atoms with Crippen LogP contribution in [0.15, 0.2) is 42.5 Å². The molecule has 0 fully saturated rings. The Morgan fingerprint density at radius 1 is 0.875 bits per heavy atom. The van der Waals surface area contributed by atoms with Gasteiger partial charge in [0.05, 0.1) is 23.5 Å². The molecule has 1 unspecified atom stereocenters. The highest BCUT2D eigenvalue weighted by atomic mass is 16.4. The maximum atomic E-state index is 13.0. The van der Waals surface area contributed by atoms with Crippen LogP contribution in [-0.2, 0) is 9.59 Å². The molecular weight excluding hydrogens is 400 g/mol. The molecule has 32 heavy (non-hydrogen) atoms. The monoisotopic (exact) mass is 438 g/mol. The quantitative estimate of drug-likeness (QED) is 0.468. The van der Waals surface area contributed by atoms with Crippen molar-refractivity contribution in [2.24, 2.45) is 11.8 Å². The Kier molecular flexibility index (Phi) is 8.88. The van der Waals surface area contributed by atoms with Crippen LogP contribution in [0.25, 0.3) is 0 Å². The van der Waals surface area contributed by atoms with E-state index in [4.69, 9.17) is 0 Å². The summed E-state index contributed by atoms with van der Waals surface area (Å²) in [6, 6.07) is 13.9. The van der Waals surface area contributed by atoms with E-state index in [1.165, 1.54) is 0 Å². The lowest BCUT2D eigenvalue weighted by Gasteiger charge is -2.34. The van der Waals surface area contributed by atoms with Crippen LogP contribution in [0, 0.1) is 18.8 Å². The molecule has 5 nitrogen and oxygen atoms in total. The summed E-state index contributed by atoms with van der Waals surface area (Å²) in [5.41, 5.74) is 4.58. The molecule has 0 saturated heterocycles. The van der Waals surface area contributed by atoms with Gasteiger partial charge in [0.2, 0.25) is 5.91 Å². The third kappa shape index (κ3) is 6.59. The first-order valence-electron chi connectivity index (χ1n) is 11.5. The molecule has 2 rings (SSSR count). The van der Waals surface area contributed by atoms with Crippen molar-refractivity contribution in [2.45, 2.75) is 60.8 Å². The highest BCUT2D eigenvalue weighted by Gasteiger charge is 2.24. The molecule has 5 heteroatoms. The number of hydrogen-bond donors (Lipinski definition) is 1. The van der Waals surface area contributed by atoms with E-state index in [0.29, 0.717) is 11.8 Å². The molecule has 1 amide bonds. The Hall–Kier alpha value is -2.82. The van der Waals surface area contributed by atoms with Crippen molar-refractivity contribution in [2.75, 3.05) is 22.9 Å². The minimum Gasteiger partial charge on any atom is -0.481 e. The fraction of sp³-hybridized carbons (Fsp3) is 0.481. The average molecular weight is 439 g/mol. The third-order valence-corrected chi connectivity index (χ3v) is 5.47. The molecule has 0 radical (unpaired) electrons. The van der Waals surface area contributed by atoms with Crippen molar-refractivity contribution < 1.29 is 14.7 Å². The van der Waals surface area contributed by atoms with E-state index in [1.807, 2.05) is 50.2 Å². The van der Waals surface area contributed by atoms with Crippen molar-refractivity contribution in [3.8, 4) is 0 Å². The van der Waals surface area contributed by atoms with Crippen LogP contribution in [0.3, 0.4) is 0 Å². The number of amides is 1. The minimum absolute atomic E-state index is 0.0466. The van der Waals surface area contributed by atoms with Gasteiger partial charge in [0, 0.05) is 20.0 Å². The van der Waals surface area contributed by atoms with Crippen LogP contribution >= 0.6 is 0 Å². The number of anilines is 3. The van der Waals surface area contributed by atoms with Crippen molar-refractivity contribution in [3.05, 3.63) is 53.6 Å². The number of rotatable bonds is 10. The van der Waals surface area contributed by atoms with Gasteiger partial charge in [-0.2, -0.15) is 0 Å². The molecule has 2 aromatic rings. The summed E-state index contributed by atoms with van der Waals surface area (Å²) in [7, 11) is 0. The van der Waals surface area contributed by atoms with E-state index in [-0.39, 0.29) is 18.2 Å². The first kappa shape index (κ1) is 25.4. The largest absolute Gasteiger partial charge is 0.481 e. The standard InChI is InChI=1S/C27H38N2O3/c1-18(2)16-28(17-19(3)4)25-13-12-23(21(6)14-27(31)32)15-26(25)29(22(7)30)24-11-9-8-10-20(24)5/h8-13,15,18-19,21H,14,16-17H2,1-7H3,(H,31,32). The number of aryl methyl sites for hydroxylation is 1. The van der Waals surface area contributed by atoms with Crippen molar-refractivity contribution in [3.63, 3.8) is 0 Å². The van der Waals surface area contributed by atoms with Crippen molar-refractivity contribution in [1.82, 2.24) is 0 Å². The number of aliphatic carboxylic acids is 1. The molecule has 0 aromatic heterocycles. The minimum atomic E-state index is -0.827. The number of carbonyl (C=O) groups excluding carboxylic acids is 1. The van der Waals surface area contributed by atoms with Crippen LogP contribution in [0.2, 0.25) is 0 Å². The summed E-state index contributed by atoms with van der Waals surface area (Å²) in [6.45, 7) is 16.0. The molecule has 0 bridgehead atoms. The molecule has 0 aliphatic carbocycles. The van der Waals surface area contributed by atoms with E-state index in [0.717, 1.165) is 41.3 Å². The zero-order valence-electron chi connectivity index (χ0n) is 20.6. The number of carboxylic acid groups (broad SMARTS) is 1. The van der Waals surface area contributed by atoms with Gasteiger partial charge in [0.25, 0.3) is 0 Å². The second-order valence-electron chi connectivity index (χ2n) is 9.58. The number of para-hydroxylation sites is 1. The Labute approximate surface area is 193 Å². The van der Waals surface area contributed by atoms with Crippen LogP contribution in [0.5, 0.6) is 0 Å². The number of benzene rings is 2. The Bertz CT molecular complexity index is 926. The Balaban J connectivity index is 2.73. The number of carboxylic acids is 1. The summed E-state index contributed by atoms with van der Waals surface area (Å²) in [4.78, 5) is 28.4. The molecule has 174 valence electrons. The highest BCUT2D eigenvalue weighted by molar-refractivity contribution is 6.03. The van der Waals surface area contributed by atoms with E-state index >= 15 is 0 Å². The van der Waals surface area contributed by atoms with Gasteiger partial charge in [0.1, 0.15) is 0 Å². The number of hydrogen-bond acceptors (Lipinski definition) is 3. The average Bonchev–Trinajstić information content (AvgIpc) is 2.67. The lowest BCUT2D eigenvalue weighted by Crippen LogP contribution is -2.34. The van der Waals surface area contributed by atoms with E-state index in [2.05, 4.69) is 38.7 Å². The van der Waals surface area contributed by atoms with Crippen LogP contribution in [0.1, 0.15) is 65.0 Å². The third-order valence-electron chi connectivity index (χ3n) is 5.47. The topological polar surface area (TPSA) is 60.9 Å². The summed E-state index contributed by atoms with van der Waals surface area (Å²) in [6.07, 6.45) is 0.0466. The summed E-state index contributed by atoms with van der Waals surface area (Å²) in [5.74, 6) is -0.146. The molecule has 0 heterocycles. The second kappa shape index (κ2) is 11.2. The summed E-state index contributed by atoms with van der Waals surface area (Å²) >= 11 is 0. The number of carbonyl (C=O) groups is 2. The fourth-order valence-corrected chi connectivity index (χ4v) is 4.11. The molecule has 2 aromatic carbocycles. The molecule has 0 aliphatic heterocycles. The smallest absolute Gasteiger partial charge is 0.303 e. The van der Waals surface area contributed by atoms with Gasteiger partial charge >= 0.3 is 5.97 Å². The van der Waals surface area contributed by atoms with E-state index in [9.17, 15) is 14.7 Å².